The topological polar surface area (TPSA) is 104 Å². The molecule has 0 radical (unpaired) electrons. The van der Waals surface area contributed by atoms with Crippen LogP contribution in [0, 0.1) is 0 Å². The molecule has 0 aliphatic carbocycles. The number of para-hydroxylation sites is 3. The Kier molecular flexibility index (Phi) is 4.25. The first-order valence-electron chi connectivity index (χ1n) is 10.4. The smallest absolute Gasteiger partial charge is 0.266 e. The number of imide groups is 1. The molecule has 0 saturated heterocycles. The third kappa shape index (κ3) is 2.87. The highest BCUT2D eigenvalue weighted by atomic mass is 16.4. The number of hydrogen-bond donors (Lipinski definition) is 0. The number of carbonyl (C=O) groups is 3. The number of nitrogens with zero attached hydrogens (tertiary/aromatic N) is 1. The second-order valence-corrected chi connectivity index (χ2v) is 7.79. The zero-order chi connectivity index (χ0) is 23.4. The van der Waals surface area contributed by atoms with Crippen molar-refractivity contribution in [2.45, 2.75) is 0 Å². The van der Waals surface area contributed by atoms with Crippen molar-refractivity contribution < 1.29 is 28.3 Å². The van der Waals surface area contributed by atoms with Crippen LogP contribution < -0.4 is 10.0 Å². The van der Waals surface area contributed by atoms with Crippen LogP contribution in [0.15, 0.2) is 93.8 Å². The van der Waals surface area contributed by atoms with Crippen LogP contribution in [0.2, 0.25) is 0 Å². The average molecular weight is 448 g/mol. The van der Waals surface area contributed by atoms with Crippen molar-refractivity contribution >= 4 is 56.6 Å². The van der Waals surface area contributed by atoms with Gasteiger partial charge in [-0.05, 0) is 30.3 Å². The first-order chi connectivity index (χ1) is 16.5. The highest BCUT2D eigenvalue weighted by Gasteiger charge is 2.38. The molecule has 7 heteroatoms. The molecule has 2 amide bonds. The van der Waals surface area contributed by atoms with Gasteiger partial charge in [0.2, 0.25) is 0 Å². The Balaban J connectivity index is 1.65. The number of carboxylic acids is 1. The van der Waals surface area contributed by atoms with E-state index < -0.39 is 17.8 Å². The lowest BCUT2D eigenvalue weighted by atomic mass is 10.1. The second-order valence-electron chi connectivity index (χ2n) is 7.79. The zero-order valence-corrected chi connectivity index (χ0v) is 17.5. The first kappa shape index (κ1) is 19.8. The third-order valence-electron chi connectivity index (χ3n) is 5.82. The SMILES string of the molecule is O=C([O-])c1ccccc1N1C(=O)c2cc3oc4ccccc4c4ccccc4oc3cc2C1=O. The molecule has 34 heavy (non-hydrogen) atoms. The molecule has 1 aliphatic rings. The molecule has 6 rings (SSSR count). The summed E-state index contributed by atoms with van der Waals surface area (Å²) in [7, 11) is 0. The number of aromatic carboxylic acids is 1. The number of anilines is 1. The van der Waals surface area contributed by atoms with Crippen molar-refractivity contribution in [3.63, 3.8) is 0 Å². The molecule has 0 bridgehead atoms. The maximum Gasteiger partial charge on any atom is 0.266 e. The molecule has 0 unspecified atom stereocenters. The fraction of sp³-hybridized carbons (Fsp3) is 0. The summed E-state index contributed by atoms with van der Waals surface area (Å²) in [5, 5.41) is 13.2. The largest absolute Gasteiger partial charge is 0.545 e. The Hall–Kier alpha value is -4.91. The molecule has 1 aliphatic heterocycles. The molecule has 0 N–H and O–H groups in total. The van der Waals surface area contributed by atoms with Crippen LogP contribution in [-0.2, 0) is 0 Å². The normalized spacial score (nSPS) is 13.0. The van der Waals surface area contributed by atoms with Crippen LogP contribution in [0.5, 0.6) is 0 Å². The van der Waals surface area contributed by atoms with Crippen LogP contribution in [0.25, 0.3) is 33.1 Å². The summed E-state index contributed by atoms with van der Waals surface area (Å²) in [5.74, 6) is -2.80. The molecular formula is C27H14NO6-. The van der Waals surface area contributed by atoms with E-state index in [2.05, 4.69) is 0 Å². The predicted molar refractivity (Wildman–Crippen MR) is 123 cm³/mol. The van der Waals surface area contributed by atoms with Gasteiger partial charge in [0, 0.05) is 16.3 Å². The first-order valence-corrected chi connectivity index (χ1v) is 10.4. The minimum absolute atomic E-state index is 0.0568. The van der Waals surface area contributed by atoms with E-state index >= 15 is 0 Å². The summed E-state index contributed by atoms with van der Waals surface area (Å²) in [6, 6.07) is 23.5. The fourth-order valence-electron chi connectivity index (χ4n) is 4.26. The Labute approximate surface area is 191 Å². The second kappa shape index (κ2) is 7.31. The van der Waals surface area contributed by atoms with Gasteiger partial charge in [0.15, 0.2) is 11.2 Å². The molecular weight excluding hydrogens is 434 g/mol. The lowest BCUT2D eigenvalue weighted by Crippen LogP contribution is -2.33. The minimum Gasteiger partial charge on any atom is -0.545 e. The van der Waals surface area contributed by atoms with Crippen molar-refractivity contribution in [1.29, 1.82) is 0 Å². The number of carboxylic acid groups (broad SMARTS) is 1. The number of fused-ring (bicyclic) bond motifs is 5. The summed E-state index contributed by atoms with van der Waals surface area (Å²) in [5.41, 5.74) is 1.52. The van der Waals surface area contributed by atoms with Gasteiger partial charge in [-0.1, -0.05) is 54.6 Å². The van der Waals surface area contributed by atoms with E-state index in [1.165, 1.54) is 30.3 Å². The van der Waals surface area contributed by atoms with Crippen LogP contribution >= 0.6 is 0 Å². The maximum atomic E-state index is 13.3. The van der Waals surface area contributed by atoms with E-state index in [-0.39, 0.29) is 33.5 Å². The number of amides is 2. The van der Waals surface area contributed by atoms with Crippen LogP contribution in [0.4, 0.5) is 5.69 Å². The van der Waals surface area contributed by atoms with Gasteiger partial charge in [0.25, 0.3) is 11.8 Å². The summed E-state index contributed by atoms with van der Waals surface area (Å²) in [6.07, 6.45) is 0. The van der Waals surface area contributed by atoms with Crippen molar-refractivity contribution in [2.24, 2.45) is 0 Å². The molecule has 0 spiro atoms. The quantitative estimate of drug-likeness (QED) is 0.365. The monoisotopic (exact) mass is 448 g/mol. The number of hydrogen-bond acceptors (Lipinski definition) is 6. The third-order valence-corrected chi connectivity index (χ3v) is 5.82. The van der Waals surface area contributed by atoms with Gasteiger partial charge in [-0.2, -0.15) is 0 Å². The molecule has 0 saturated carbocycles. The number of carbonyl (C=O) groups excluding carboxylic acids is 3. The van der Waals surface area contributed by atoms with E-state index in [4.69, 9.17) is 8.83 Å². The van der Waals surface area contributed by atoms with Gasteiger partial charge in [0.05, 0.1) is 22.8 Å². The van der Waals surface area contributed by atoms with Gasteiger partial charge in [-0.3, -0.25) is 9.59 Å². The van der Waals surface area contributed by atoms with Crippen molar-refractivity contribution in [1.82, 2.24) is 0 Å². The molecule has 164 valence electrons. The molecule has 0 fully saturated rings. The average Bonchev–Trinajstić information content (AvgIpc) is 3.08. The standard InChI is InChI=1S/C27H15NO6/c29-25-18-13-23-24(14-19(18)26(30)28(25)20-10-4-1-9-17(20)27(31)32)34-22-12-6-3-8-16(22)15-7-2-5-11-21(15)33-23/h1-14H,(H,31,32)/p-1. The Morgan fingerprint density at radius 1 is 0.647 bits per heavy atom. The molecule has 4 aromatic carbocycles. The predicted octanol–water partition coefficient (Wildman–Crippen LogP) is 4.62. The molecule has 2 heterocycles. The summed E-state index contributed by atoms with van der Waals surface area (Å²) >= 11 is 0. The lowest BCUT2D eigenvalue weighted by Gasteiger charge is -2.18. The van der Waals surface area contributed by atoms with Crippen molar-refractivity contribution in [3.8, 4) is 0 Å². The Morgan fingerprint density at radius 2 is 1.12 bits per heavy atom. The Morgan fingerprint density at radius 3 is 1.65 bits per heavy atom. The molecule has 0 atom stereocenters. The van der Waals surface area contributed by atoms with Crippen molar-refractivity contribution in [3.05, 3.63) is 102 Å². The van der Waals surface area contributed by atoms with E-state index in [9.17, 15) is 19.5 Å². The highest BCUT2D eigenvalue weighted by molar-refractivity contribution is 6.36. The highest BCUT2D eigenvalue weighted by Crippen LogP contribution is 2.34. The van der Waals surface area contributed by atoms with E-state index in [0.717, 1.165) is 15.7 Å². The minimum atomic E-state index is -1.49. The summed E-state index contributed by atoms with van der Waals surface area (Å²) in [4.78, 5) is 38.9. The van der Waals surface area contributed by atoms with Crippen LogP contribution in [-0.4, -0.2) is 17.8 Å². The zero-order valence-electron chi connectivity index (χ0n) is 17.5. The number of benzene rings is 4. The van der Waals surface area contributed by atoms with Gasteiger partial charge in [-0.25, -0.2) is 4.90 Å². The number of rotatable bonds is 2. The molecule has 5 aromatic rings. The van der Waals surface area contributed by atoms with Crippen LogP contribution in [0.3, 0.4) is 0 Å². The van der Waals surface area contributed by atoms with Gasteiger partial charge < -0.3 is 18.7 Å². The lowest BCUT2D eigenvalue weighted by molar-refractivity contribution is -0.254. The fourth-order valence-corrected chi connectivity index (χ4v) is 4.26. The van der Waals surface area contributed by atoms with Gasteiger partial charge >= 0.3 is 0 Å². The summed E-state index contributed by atoms with van der Waals surface area (Å²) < 4.78 is 12.3. The summed E-state index contributed by atoms with van der Waals surface area (Å²) in [6.45, 7) is 0. The van der Waals surface area contributed by atoms with Crippen LogP contribution in [0.1, 0.15) is 31.1 Å². The maximum absolute atomic E-state index is 13.3. The van der Waals surface area contributed by atoms with E-state index in [1.54, 1.807) is 6.07 Å². The van der Waals surface area contributed by atoms with E-state index in [1.807, 2.05) is 48.5 Å². The Bertz CT molecular complexity index is 1640. The van der Waals surface area contributed by atoms with Gasteiger partial charge in [0.1, 0.15) is 11.2 Å². The molecule has 1 aromatic heterocycles. The van der Waals surface area contributed by atoms with Crippen molar-refractivity contribution in [2.75, 3.05) is 4.90 Å². The van der Waals surface area contributed by atoms with Gasteiger partial charge in [-0.15, -0.1) is 0 Å². The molecule has 7 nitrogen and oxygen atoms in total. The van der Waals surface area contributed by atoms with E-state index in [0.29, 0.717) is 11.2 Å².